The molecule has 0 aliphatic carbocycles. The lowest BCUT2D eigenvalue weighted by Gasteiger charge is -2.01. The van der Waals surface area contributed by atoms with Gasteiger partial charge in [-0.3, -0.25) is 4.79 Å². The Labute approximate surface area is 119 Å². The van der Waals surface area contributed by atoms with Gasteiger partial charge in [0.05, 0.1) is 23.4 Å². The predicted octanol–water partition coefficient (Wildman–Crippen LogP) is 2.83. The molecule has 1 N–H and O–H groups in total. The van der Waals surface area contributed by atoms with Gasteiger partial charge in [0.1, 0.15) is 5.82 Å². The van der Waals surface area contributed by atoms with E-state index in [1.807, 2.05) is 18.4 Å². The van der Waals surface area contributed by atoms with Gasteiger partial charge in [0, 0.05) is 4.88 Å². The van der Waals surface area contributed by atoms with Crippen molar-refractivity contribution in [3.8, 4) is 6.07 Å². The summed E-state index contributed by atoms with van der Waals surface area (Å²) in [5, 5.41) is 14.3. The monoisotopic (exact) mass is 287 g/mol. The Hall–Kier alpha value is -2.52. The zero-order valence-corrected chi connectivity index (χ0v) is 11.4. The van der Waals surface area contributed by atoms with Crippen molar-refractivity contribution in [3.05, 3.63) is 57.0 Å². The second-order valence-corrected chi connectivity index (χ2v) is 4.92. The molecule has 0 radical (unpaired) electrons. The molecule has 0 aliphatic rings. The van der Waals surface area contributed by atoms with Crippen molar-refractivity contribution in [2.45, 2.75) is 6.92 Å². The molecule has 6 heteroatoms. The Morgan fingerprint density at radius 3 is 2.90 bits per heavy atom. The number of nitriles is 1. The molecule has 1 amide bonds. The molecule has 1 aromatic carbocycles. The summed E-state index contributed by atoms with van der Waals surface area (Å²) in [6.45, 7) is 1.93. The maximum absolute atomic E-state index is 13.6. The molecule has 0 aliphatic heterocycles. The molecule has 0 saturated carbocycles. The van der Waals surface area contributed by atoms with E-state index in [0.717, 1.165) is 16.5 Å². The molecule has 0 spiro atoms. The number of nitrogens with one attached hydrogen (secondary N) is 1. The maximum Gasteiger partial charge on any atom is 0.274 e. The minimum absolute atomic E-state index is 0.149. The molecular formula is C14H10FN3OS. The highest BCUT2D eigenvalue weighted by atomic mass is 32.1. The topological polar surface area (TPSA) is 65.2 Å². The zero-order valence-electron chi connectivity index (χ0n) is 10.6. The molecule has 0 unspecified atom stereocenters. The Bertz CT molecular complexity index is 715. The van der Waals surface area contributed by atoms with Crippen LogP contribution >= 0.6 is 11.3 Å². The summed E-state index contributed by atoms with van der Waals surface area (Å²) < 4.78 is 13.6. The fraction of sp³-hybridized carbons (Fsp3) is 0.0714. The van der Waals surface area contributed by atoms with E-state index in [-0.39, 0.29) is 11.1 Å². The number of amides is 1. The van der Waals surface area contributed by atoms with Gasteiger partial charge in [0.25, 0.3) is 5.91 Å². The summed E-state index contributed by atoms with van der Waals surface area (Å²) in [7, 11) is 0. The average Bonchev–Trinajstić information content (AvgIpc) is 2.84. The molecule has 2 rings (SSSR count). The number of hydrazone groups is 1. The van der Waals surface area contributed by atoms with Gasteiger partial charge in [0.2, 0.25) is 0 Å². The first-order chi connectivity index (χ1) is 9.61. The van der Waals surface area contributed by atoms with E-state index in [9.17, 15) is 9.18 Å². The van der Waals surface area contributed by atoms with Crippen molar-refractivity contribution in [2.24, 2.45) is 5.10 Å². The van der Waals surface area contributed by atoms with E-state index in [4.69, 9.17) is 5.26 Å². The standard InChI is InChI=1S/C14H10FN3OS/c1-9-4-5-20-13(9)8-17-18-14(19)11-3-2-10(7-16)6-12(11)15/h2-6,8H,1H3,(H,18,19)/b17-8-. The van der Waals surface area contributed by atoms with Crippen LogP contribution in [-0.4, -0.2) is 12.1 Å². The van der Waals surface area contributed by atoms with Gasteiger partial charge in [-0.05, 0) is 42.1 Å². The van der Waals surface area contributed by atoms with Gasteiger partial charge in [-0.15, -0.1) is 11.3 Å². The van der Waals surface area contributed by atoms with Crippen molar-refractivity contribution in [1.82, 2.24) is 5.43 Å². The normalized spacial score (nSPS) is 10.4. The Morgan fingerprint density at radius 2 is 2.30 bits per heavy atom. The van der Waals surface area contributed by atoms with Crippen LogP contribution in [0.2, 0.25) is 0 Å². The van der Waals surface area contributed by atoms with Crippen LogP contribution in [0.25, 0.3) is 0 Å². The molecule has 100 valence electrons. The van der Waals surface area contributed by atoms with Crippen molar-refractivity contribution in [1.29, 1.82) is 5.26 Å². The number of carbonyl (C=O) groups excluding carboxylic acids is 1. The van der Waals surface area contributed by atoms with E-state index in [0.29, 0.717) is 0 Å². The fourth-order valence-electron chi connectivity index (χ4n) is 1.50. The molecular weight excluding hydrogens is 277 g/mol. The first kappa shape index (κ1) is 13.9. The number of aryl methyl sites for hydroxylation is 1. The zero-order chi connectivity index (χ0) is 14.5. The van der Waals surface area contributed by atoms with E-state index >= 15 is 0 Å². The van der Waals surface area contributed by atoms with Crippen LogP contribution in [0.5, 0.6) is 0 Å². The minimum Gasteiger partial charge on any atom is -0.267 e. The third-order valence-corrected chi connectivity index (χ3v) is 3.55. The Kier molecular flexibility index (Phi) is 4.23. The highest BCUT2D eigenvalue weighted by Crippen LogP contribution is 2.12. The molecule has 1 aromatic heterocycles. The molecule has 1 heterocycles. The van der Waals surface area contributed by atoms with Gasteiger partial charge >= 0.3 is 0 Å². The van der Waals surface area contributed by atoms with Gasteiger partial charge in [-0.2, -0.15) is 10.4 Å². The summed E-state index contributed by atoms with van der Waals surface area (Å²) in [5.41, 5.74) is 3.32. The number of rotatable bonds is 3. The second-order valence-electron chi connectivity index (χ2n) is 3.97. The van der Waals surface area contributed by atoms with E-state index < -0.39 is 11.7 Å². The van der Waals surface area contributed by atoms with Crippen LogP contribution in [0, 0.1) is 24.1 Å². The summed E-state index contributed by atoms with van der Waals surface area (Å²) in [5.74, 6) is -1.40. The van der Waals surface area contributed by atoms with Crippen LogP contribution in [0.3, 0.4) is 0 Å². The van der Waals surface area contributed by atoms with E-state index in [1.165, 1.54) is 29.7 Å². The molecule has 2 aromatic rings. The number of hydrogen-bond donors (Lipinski definition) is 1. The smallest absolute Gasteiger partial charge is 0.267 e. The SMILES string of the molecule is Cc1ccsc1/C=N\NC(=O)c1ccc(C#N)cc1F. The molecule has 0 atom stereocenters. The second kappa shape index (κ2) is 6.08. The predicted molar refractivity (Wildman–Crippen MR) is 75.2 cm³/mol. The Morgan fingerprint density at radius 1 is 1.50 bits per heavy atom. The third-order valence-electron chi connectivity index (χ3n) is 2.59. The number of nitrogens with zero attached hydrogens (tertiary/aromatic N) is 2. The first-order valence-electron chi connectivity index (χ1n) is 5.69. The highest BCUT2D eigenvalue weighted by Gasteiger charge is 2.11. The molecule has 20 heavy (non-hydrogen) atoms. The fourth-order valence-corrected chi connectivity index (χ4v) is 2.28. The number of halogens is 1. The molecule has 0 bridgehead atoms. The van der Waals surface area contributed by atoms with Crippen LogP contribution < -0.4 is 5.43 Å². The molecule has 0 saturated heterocycles. The van der Waals surface area contributed by atoms with Crippen molar-refractivity contribution in [3.63, 3.8) is 0 Å². The van der Waals surface area contributed by atoms with Gasteiger partial charge in [-0.1, -0.05) is 0 Å². The van der Waals surface area contributed by atoms with Crippen molar-refractivity contribution >= 4 is 23.5 Å². The first-order valence-corrected chi connectivity index (χ1v) is 6.57. The lowest BCUT2D eigenvalue weighted by atomic mass is 10.1. The minimum atomic E-state index is -0.746. The van der Waals surface area contributed by atoms with Crippen LogP contribution in [0.1, 0.15) is 26.4 Å². The summed E-state index contributed by atoms with van der Waals surface area (Å²) >= 11 is 1.49. The average molecular weight is 287 g/mol. The largest absolute Gasteiger partial charge is 0.274 e. The van der Waals surface area contributed by atoms with E-state index in [1.54, 1.807) is 6.07 Å². The quantitative estimate of drug-likeness (QED) is 0.697. The molecule has 0 fully saturated rings. The summed E-state index contributed by atoms with van der Waals surface area (Å²) in [6.07, 6.45) is 1.51. The maximum atomic E-state index is 13.6. The van der Waals surface area contributed by atoms with Crippen molar-refractivity contribution in [2.75, 3.05) is 0 Å². The van der Waals surface area contributed by atoms with Gasteiger partial charge in [-0.25, -0.2) is 9.82 Å². The van der Waals surface area contributed by atoms with Gasteiger partial charge in [0.15, 0.2) is 0 Å². The summed E-state index contributed by atoms with van der Waals surface area (Å²) in [4.78, 5) is 12.7. The lowest BCUT2D eigenvalue weighted by molar-refractivity contribution is 0.0951. The van der Waals surface area contributed by atoms with Crippen LogP contribution in [0.15, 0.2) is 34.7 Å². The lowest BCUT2D eigenvalue weighted by Crippen LogP contribution is -2.19. The van der Waals surface area contributed by atoms with Crippen LogP contribution in [0.4, 0.5) is 4.39 Å². The number of benzene rings is 1. The van der Waals surface area contributed by atoms with Crippen LogP contribution in [-0.2, 0) is 0 Å². The number of carbonyl (C=O) groups is 1. The number of hydrogen-bond acceptors (Lipinski definition) is 4. The summed E-state index contributed by atoms with van der Waals surface area (Å²) in [6, 6.07) is 7.40. The van der Waals surface area contributed by atoms with Gasteiger partial charge < -0.3 is 0 Å². The number of thiophene rings is 1. The van der Waals surface area contributed by atoms with E-state index in [2.05, 4.69) is 10.5 Å². The Balaban J connectivity index is 2.08. The third kappa shape index (κ3) is 3.08. The molecule has 4 nitrogen and oxygen atoms in total. The highest BCUT2D eigenvalue weighted by molar-refractivity contribution is 7.11. The van der Waals surface area contributed by atoms with Crippen molar-refractivity contribution < 1.29 is 9.18 Å².